The summed E-state index contributed by atoms with van der Waals surface area (Å²) in [6.45, 7) is 5.90. The van der Waals surface area contributed by atoms with Gasteiger partial charge in [-0.2, -0.15) is 4.31 Å². The topological polar surface area (TPSA) is 130 Å². The van der Waals surface area contributed by atoms with Crippen LogP contribution in [0, 0.1) is 28.9 Å². The zero-order valence-corrected chi connectivity index (χ0v) is 20.8. The van der Waals surface area contributed by atoms with E-state index in [9.17, 15) is 28.1 Å². The molecule has 34 heavy (non-hydrogen) atoms. The number of aryl methyl sites for hydroxylation is 1. The fraction of sp³-hybridized carbons (Fsp3) is 0.652. The van der Waals surface area contributed by atoms with Gasteiger partial charge >= 0.3 is 0 Å². The van der Waals surface area contributed by atoms with E-state index in [1.165, 1.54) is 16.4 Å². The molecule has 1 aromatic carbocycles. The Morgan fingerprint density at radius 2 is 1.71 bits per heavy atom. The maximum absolute atomic E-state index is 13.2. The molecule has 3 rings (SSSR count). The van der Waals surface area contributed by atoms with Crippen LogP contribution in [0.2, 0.25) is 0 Å². The van der Waals surface area contributed by atoms with Gasteiger partial charge in [0.2, 0.25) is 21.8 Å². The van der Waals surface area contributed by atoms with Gasteiger partial charge in [-0.05, 0) is 31.2 Å². The lowest BCUT2D eigenvalue weighted by Gasteiger charge is -2.37. The summed E-state index contributed by atoms with van der Waals surface area (Å²) in [5, 5.41) is 14.1. The van der Waals surface area contributed by atoms with Crippen molar-refractivity contribution in [3.8, 4) is 0 Å². The summed E-state index contributed by atoms with van der Waals surface area (Å²) in [4.78, 5) is 37.9. The molecule has 2 aliphatic rings. The highest BCUT2D eigenvalue weighted by Gasteiger charge is 2.36. The minimum absolute atomic E-state index is 0.0528. The molecular weight excluding hydrogens is 460 g/mol. The first-order valence-electron chi connectivity index (χ1n) is 11.9. The average Bonchev–Trinajstić information content (AvgIpc) is 2.82. The standard InChI is InChI=1S/C23H34N4O6S/c1-16(2)21(24-22(28)18-7-5-4-6-8-18)23(29)25-11-13-26(14-12-25)34(32,33)20-15-19(27(30)31)10-9-17(20)3/h9-10,15-16,18,21H,4-8,11-14H2,1-3H3,(H,24,28). The van der Waals surface area contributed by atoms with E-state index in [-0.39, 0.29) is 60.4 Å². The quantitative estimate of drug-likeness (QED) is 0.458. The average molecular weight is 495 g/mol. The first-order chi connectivity index (χ1) is 16.0. The maximum atomic E-state index is 13.2. The van der Waals surface area contributed by atoms with Crippen LogP contribution >= 0.6 is 0 Å². The molecule has 1 saturated heterocycles. The van der Waals surface area contributed by atoms with Crippen LogP contribution in [0.3, 0.4) is 0 Å². The van der Waals surface area contributed by atoms with Crippen LogP contribution in [0.15, 0.2) is 23.1 Å². The third-order valence-corrected chi connectivity index (χ3v) is 8.80. The number of sulfonamides is 1. The Hall–Kier alpha value is -2.53. The van der Waals surface area contributed by atoms with E-state index in [1.807, 2.05) is 13.8 Å². The molecular formula is C23H34N4O6S. The SMILES string of the molecule is Cc1ccc([N+](=O)[O-])cc1S(=O)(=O)N1CCN(C(=O)C(NC(=O)C2CCCCC2)C(C)C)CC1. The maximum Gasteiger partial charge on any atom is 0.270 e. The second-order valence-electron chi connectivity index (χ2n) is 9.50. The molecule has 2 amide bonds. The van der Waals surface area contributed by atoms with Crippen LogP contribution in [0.25, 0.3) is 0 Å². The smallest absolute Gasteiger partial charge is 0.270 e. The normalized spacial score (nSPS) is 19.1. The van der Waals surface area contributed by atoms with Crippen molar-refractivity contribution < 1.29 is 22.9 Å². The van der Waals surface area contributed by atoms with Crippen LogP contribution < -0.4 is 5.32 Å². The molecule has 2 fully saturated rings. The number of benzene rings is 1. The number of non-ortho nitro benzene ring substituents is 1. The van der Waals surface area contributed by atoms with Crippen molar-refractivity contribution in [1.82, 2.24) is 14.5 Å². The lowest BCUT2D eigenvalue weighted by molar-refractivity contribution is -0.385. The molecule has 1 saturated carbocycles. The van der Waals surface area contributed by atoms with E-state index >= 15 is 0 Å². The van der Waals surface area contributed by atoms with Gasteiger partial charge < -0.3 is 10.2 Å². The molecule has 0 spiro atoms. The first kappa shape index (κ1) is 26.1. The van der Waals surface area contributed by atoms with Gasteiger partial charge in [-0.3, -0.25) is 19.7 Å². The van der Waals surface area contributed by atoms with Crippen LogP contribution in [-0.2, 0) is 19.6 Å². The fourth-order valence-corrected chi connectivity index (χ4v) is 6.28. The number of carbonyl (C=O) groups is 2. The number of hydrogen-bond acceptors (Lipinski definition) is 6. The predicted molar refractivity (Wildman–Crippen MR) is 127 cm³/mol. The van der Waals surface area contributed by atoms with E-state index in [1.54, 1.807) is 11.8 Å². The third-order valence-electron chi connectivity index (χ3n) is 6.76. The highest BCUT2D eigenvalue weighted by Crippen LogP contribution is 2.26. The zero-order chi connectivity index (χ0) is 25.0. The zero-order valence-electron chi connectivity index (χ0n) is 20.0. The molecule has 1 aromatic rings. The summed E-state index contributed by atoms with van der Waals surface area (Å²) in [6, 6.07) is 3.13. The van der Waals surface area contributed by atoms with Gasteiger partial charge in [0.25, 0.3) is 5.69 Å². The molecule has 0 bridgehead atoms. The molecule has 1 unspecified atom stereocenters. The largest absolute Gasteiger partial charge is 0.344 e. The van der Waals surface area contributed by atoms with E-state index in [0.717, 1.165) is 38.2 Å². The molecule has 11 heteroatoms. The van der Waals surface area contributed by atoms with E-state index in [4.69, 9.17) is 0 Å². The van der Waals surface area contributed by atoms with Crippen molar-refractivity contribution in [2.45, 2.75) is 63.8 Å². The molecule has 1 N–H and O–H groups in total. The predicted octanol–water partition coefficient (Wildman–Crippen LogP) is 2.46. The monoisotopic (exact) mass is 494 g/mol. The number of rotatable bonds is 7. The number of nitrogens with one attached hydrogen (secondary N) is 1. The summed E-state index contributed by atoms with van der Waals surface area (Å²) >= 11 is 0. The molecule has 0 aromatic heterocycles. The summed E-state index contributed by atoms with van der Waals surface area (Å²) in [6.07, 6.45) is 4.88. The van der Waals surface area contributed by atoms with Crippen molar-refractivity contribution in [3.05, 3.63) is 33.9 Å². The summed E-state index contributed by atoms with van der Waals surface area (Å²) in [7, 11) is -3.95. The summed E-state index contributed by atoms with van der Waals surface area (Å²) < 4.78 is 27.6. The van der Waals surface area contributed by atoms with Gasteiger partial charge in [-0.15, -0.1) is 0 Å². The van der Waals surface area contributed by atoms with Gasteiger partial charge in [0.15, 0.2) is 0 Å². The molecule has 1 aliphatic heterocycles. The Morgan fingerprint density at radius 3 is 2.26 bits per heavy atom. The van der Waals surface area contributed by atoms with Crippen molar-refractivity contribution in [1.29, 1.82) is 0 Å². The van der Waals surface area contributed by atoms with Crippen LogP contribution in [0.1, 0.15) is 51.5 Å². The number of hydrogen-bond donors (Lipinski definition) is 1. The van der Waals surface area contributed by atoms with Gasteiger partial charge in [0.05, 0.1) is 9.82 Å². The molecule has 1 heterocycles. The Balaban J connectivity index is 1.66. The number of nitrogens with zero attached hydrogens (tertiary/aromatic N) is 3. The summed E-state index contributed by atoms with van der Waals surface area (Å²) in [5.41, 5.74) is 0.140. The Kier molecular flexibility index (Phi) is 8.29. The number of nitro benzene ring substituents is 1. The lowest BCUT2D eigenvalue weighted by Crippen LogP contribution is -2.57. The number of carbonyl (C=O) groups excluding carboxylic acids is 2. The second-order valence-corrected chi connectivity index (χ2v) is 11.4. The lowest BCUT2D eigenvalue weighted by atomic mass is 9.88. The summed E-state index contributed by atoms with van der Waals surface area (Å²) in [5.74, 6) is -0.436. The van der Waals surface area contributed by atoms with Crippen molar-refractivity contribution in [3.63, 3.8) is 0 Å². The molecule has 188 valence electrons. The first-order valence-corrected chi connectivity index (χ1v) is 13.3. The number of amides is 2. The van der Waals surface area contributed by atoms with Crippen LogP contribution in [0.4, 0.5) is 5.69 Å². The van der Waals surface area contributed by atoms with E-state index in [2.05, 4.69) is 5.32 Å². The molecule has 1 aliphatic carbocycles. The minimum atomic E-state index is -3.95. The van der Waals surface area contributed by atoms with Crippen molar-refractivity contribution in [2.24, 2.45) is 11.8 Å². The molecule has 10 nitrogen and oxygen atoms in total. The van der Waals surface area contributed by atoms with Gasteiger partial charge in [0, 0.05) is 44.2 Å². The van der Waals surface area contributed by atoms with Crippen LogP contribution in [0.5, 0.6) is 0 Å². The Labute approximate surface area is 200 Å². The van der Waals surface area contributed by atoms with Crippen molar-refractivity contribution >= 4 is 27.5 Å². The van der Waals surface area contributed by atoms with Gasteiger partial charge in [-0.25, -0.2) is 8.42 Å². The van der Waals surface area contributed by atoms with Crippen molar-refractivity contribution in [2.75, 3.05) is 26.2 Å². The second kappa shape index (κ2) is 10.8. The fourth-order valence-electron chi connectivity index (χ4n) is 4.61. The van der Waals surface area contributed by atoms with Gasteiger partial charge in [0.1, 0.15) is 6.04 Å². The highest BCUT2D eigenvalue weighted by atomic mass is 32.2. The molecule has 0 radical (unpaired) electrons. The van der Waals surface area contributed by atoms with E-state index in [0.29, 0.717) is 5.56 Å². The third kappa shape index (κ3) is 5.75. The Bertz CT molecular complexity index is 1030. The number of nitro groups is 1. The highest BCUT2D eigenvalue weighted by molar-refractivity contribution is 7.89. The van der Waals surface area contributed by atoms with Crippen LogP contribution in [-0.4, -0.2) is 66.6 Å². The number of piperazine rings is 1. The van der Waals surface area contributed by atoms with Gasteiger partial charge in [-0.1, -0.05) is 39.2 Å². The van der Waals surface area contributed by atoms with E-state index < -0.39 is 21.0 Å². The Morgan fingerprint density at radius 1 is 1.09 bits per heavy atom. The molecule has 1 atom stereocenters. The minimum Gasteiger partial charge on any atom is -0.344 e.